The highest BCUT2D eigenvalue weighted by molar-refractivity contribution is 6.31. The smallest absolute Gasteiger partial charge is 0.110 e. The normalized spacial score (nSPS) is 18.1. The molecule has 1 aliphatic carbocycles. The van der Waals surface area contributed by atoms with Gasteiger partial charge in [-0.3, -0.25) is 4.68 Å². The second-order valence-corrected chi connectivity index (χ2v) is 5.02. The van der Waals surface area contributed by atoms with E-state index in [-0.39, 0.29) is 6.04 Å². The fourth-order valence-electron chi connectivity index (χ4n) is 1.74. The largest absolute Gasteiger partial charge is 0.385 e. The fourth-order valence-corrected chi connectivity index (χ4v) is 1.99. The fraction of sp³-hybridized carbons (Fsp3) is 0.727. The Morgan fingerprint density at radius 1 is 1.62 bits per heavy atom. The van der Waals surface area contributed by atoms with Crippen LogP contribution in [0, 0.1) is 0 Å². The monoisotopic (exact) mass is 243 g/mol. The van der Waals surface area contributed by atoms with E-state index in [0.29, 0.717) is 23.3 Å². The van der Waals surface area contributed by atoms with Gasteiger partial charge in [-0.05, 0) is 26.7 Å². The van der Waals surface area contributed by atoms with Gasteiger partial charge < -0.3 is 10.4 Å². The SMILES string of the molecule is CC(C)n1ncc(Cl)c1C(O)CNC1CC1. The number of hydrogen-bond donors (Lipinski definition) is 2. The van der Waals surface area contributed by atoms with Crippen molar-refractivity contribution in [2.24, 2.45) is 0 Å². The highest BCUT2D eigenvalue weighted by atomic mass is 35.5. The van der Waals surface area contributed by atoms with Gasteiger partial charge in [-0.25, -0.2) is 0 Å². The van der Waals surface area contributed by atoms with E-state index < -0.39 is 6.10 Å². The van der Waals surface area contributed by atoms with Crippen LogP contribution in [0.15, 0.2) is 6.20 Å². The number of rotatable bonds is 5. The Bertz CT molecular complexity index is 360. The van der Waals surface area contributed by atoms with Crippen molar-refractivity contribution >= 4 is 11.6 Å². The van der Waals surface area contributed by atoms with Crippen LogP contribution in [0.25, 0.3) is 0 Å². The predicted molar refractivity (Wildman–Crippen MR) is 63.6 cm³/mol. The molecular weight excluding hydrogens is 226 g/mol. The van der Waals surface area contributed by atoms with E-state index in [1.807, 2.05) is 13.8 Å². The topological polar surface area (TPSA) is 50.1 Å². The summed E-state index contributed by atoms with van der Waals surface area (Å²) in [5.41, 5.74) is 0.713. The molecule has 1 aromatic heterocycles. The van der Waals surface area contributed by atoms with Crippen LogP contribution in [-0.2, 0) is 0 Å². The van der Waals surface area contributed by atoms with E-state index in [4.69, 9.17) is 11.6 Å². The van der Waals surface area contributed by atoms with Crippen molar-refractivity contribution in [3.05, 3.63) is 16.9 Å². The van der Waals surface area contributed by atoms with Crippen molar-refractivity contribution in [3.63, 3.8) is 0 Å². The van der Waals surface area contributed by atoms with Gasteiger partial charge in [0.05, 0.1) is 16.9 Å². The molecule has 1 aliphatic rings. The molecule has 1 unspecified atom stereocenters. The van der Waals surface area contributed by atoms with Crippen molar-refractivity contribution < 1.29 is 5.11 Å². The molecule has 4 nitrogen and oxygen atoms in total. The van der Waals surface area contributed by atoms with Crippen molar-refractivity contribution in [1.29, 1.82) is 0 Å². The van der Waals surface area contributed by atoms with Gasteiger partial charge in [0.25, 0.3) is 0 Å². The molecule has 1 aromatic rings. The lowest BCUT2D eigenvalue weighted by Crippen LogP contribution is -2.25. The minimum absolute atomic E-state index is 0.207. The van der Waals surface area contributed by atoms with E-state index in [0.717, 1.165) is 0 Å². The lowest BCUT2D eigenvalue weighted by Gasteiger charge is -2.16. The van der Waals surface area contributed by atoms with Crippen LogP contribution in [0.5, 0.6) is 0 Å². The Morgan fingerprint density at radius 2 is 2.31 bits per heavy atom. The van der Waals surface area contributed by atoms with Gasteiger partial charge in [0, 0.05) is 18.6 Å². The van der Waals surface area contributed by atoms with E-state index in [1.165, 1.54) is 12.8 Å². The molecule has 0 aromatic carbocycles. The minimum atomic E-state index is -0.585. The van der Waals surface area contributed by atoms with E-state index >= 15 is 0 Å². The molecule has 0 bridgehead atoms. The maximum absolute atomic E-state index is 10.1. The number of hydrogen-bond acceptors (Lipinski definition) is 3. The molecule has 1 atom stereocenters. The average molecular weight is 244 g/mol. The number of aliphatic hydroxyl groups excluding tert-OH is 1. The molecule has 0 aliphatic heterocycles. The standard InChI is InChI=1S/C11H18ClN3O/c1-7(2)15-11(9(12)5-14-15)10(16)6-13-8-3-4-8/h5,7-8,10,13,16H,3-4,6H2,1-2H3. The van der Waals surface area contributed by atoms with Crippen molar-refractivity contribution in [2.45, 2.75) is 44.9 Å². The summed E-state index contributed by atoms with van der Waals surface area (Å²) >= 11 is 6.04. The summed E-state index contributed by atoms with van der Waals surface area (Å²) in [6.45, 7) is 4.59. The molecule has 2 N–H and O–H groups in total. The number of halogens is 1. The average Bonchev–Trinajstić information content (AvgIpc) is 2.97. The van der Waals surface area contributed by atoms with Crippen molar-refractivity contribution in [3.8, 4) is 0 Å². The van der Waals surface area contributed by atoms with Crippen LogP contribution in [-0.4, -0.2) is 27.5 Å². The van der Waals surface area contributed by atoms with E-state index in [1.54, 1.807) is 10.9 Å². The first-order valence-corrected chi connectivity index (χ1v) is 6.11. The first kappa shape index (κ1) is 11.9. The molecule has 5 heteroatoms. The predicted octanol–water partition coefficient (Wildman–Crippen LogP) is 1.90. The maximum atomic E-state index is 10.1. The summed E-state index contributed by atoms with van der Waals surface area (Å²) in [4.78, 5) is 0. The molecule has 0 spiro atoms. The molecule has 2 rings (SSSR count). The van der Waals surface area contributed by atoms with Crippen molar-refractivity contribution in [2.75, 3.05) is 6.54 Å². The Kier molecular flexibility index (Phi) is 3.52. The zero-order valence-corrected chi connectivity index (χ0v) is 10.4. The summed E-state index contributed by atoms with van der Waals surface area (Å²) in [6, 6.07) is 0.793. The quantitative estimate of drug-likeness (QED) is 0.831. The summed E-state index contributed by atoms with van der Waals surface area (Å²) in [5.74, 6) is 0. The number of aliphatic hydroxyl groups is 1. The highest BCUT2D eigenvalue weighted by Gasteiger charge is 2.24. The molecule has 0 amide bonds. The third-order valence-electron chi connectivity index (χ3n) is 2.77. The Morgan fingerprint density at radius 3 is 2.88 bits per heavy atom. The van der Waals surface area contributed by atoms with Gasteiger partial charge in [-0.2, -0.15) is 5.10 Å². The summed E-state index contributed by atoms with van der Waals surface area (Å²) in [5, 5.41) is 18.1. The Hall–Kier alpha value is -0.580. The number of aromatic nitrogens is 2. The third-order valence-corrected chi connectivity index (χ3v) is 3.06. The van der Waals surface area contributed by atoms with E-state index in [2.05, 4.69) is 10.4 Å². The van der Waals surface area contributed by atoms with Crippen LogP contribution in [0.2, 0.25) is 5.02 Å². The van der Waals surface area contributed by atoms with Gasteiger partial charge in [0.1, 0.15) is 6.10 Å². The molecule has 0 radical (unpaired) electrons. The molecule has 90 valence electrons. The summed E-state index contributed by atoms with van der Waals surface area (Å²) in [6.07, 6.45) is 3.43. The lowest BCUT2D eigenvalue weighted by molar-refractivity contribution is 0.161. The Labute approximate surface area is 101 Å². The maximum Gasteiger partial charge on any atom is 0.110 e. The highest BCUT2D eigenvalue weighted by Crippen LogP contribution is 2.26. The Balaban J connectivity index is 2.07. The minimum Gasteiger partial charge on any atom is -0.385 e. The molecule has 1 heterocycles. The number of nitrogens with zero attached hydrogens (tertiary/aromatic N) is 2. The first-order valence-electron chi connectivity index (χ1n) is 5.74. The first-order chi connectivity index (χ1) is 7.59. The molecule has 1 saturated carbocycles. The summed E-state index contributed by atoms with van der Waals surface area (Å²) in [7, 11) is 0. The van der Waals surface area contributed by atoms with Gasteiger partial charge in [-0.1, -0.05) is 11.6 Å². The zero-order valence-electron chi connectivity index (χ0n) is 9.65. The zero-order chi connectivity index (χ0) is 11.7. The lowest BCUT2D eigenvalue weighted by atomic mass is 10.2. The number of nitrogens with one attached hydrogen (secondary N) is 1. The van der Waals surface area contributed by atoms with Gasteiger partial charge in [0.2, 0.25) is 0 Å². The molecule has 1 fully saturated rings. The van der Waals surface area contributed by atoms with E-state index in [9.17, 15) is 5.11 Å². The van der Waals surface area contributed by atoms with Crippen LogP contribution < -0.4 is 5.32 Å². The van der Waals surface area contributed by atoms with Crippen molar-refractivity contribution in [1.82, 2.24) is 15.1 Å². The van der Waals surface area contributed by atoms with Gasteiger partial charge >= 0.3 is 0 Å². The van der Waals surface area contributed by atoms with Gasteiger partial charge in [0.15, 0.2) is 0 Å². The van der Waals surface area contributed by atoms with Gasteiger partial charge in [-0.15, -0.1) is 0 Å². The van der Waals surface area contributed by atoms with Crippen LogP contribution in [0.1, 0.15) is 44.5 Å². The van der Waals surface area contributed by atoms with Crippen LogP contribution >= 0.6 is 11.6 Å². The molecular formula is C11H18ClN3O. The summed E-state index contributed by atoms with van der Waals surface area (Å²) < 4.78 is 1.78. The van der Waals surface area contributed by atoms with Crippen LogP contribution in [0.3, 0.4) is 0 Å². The van der Waals surface area contributed by atoms with Crippen LogP contribution in [0.4, 0.5) is 0 Å². The second-order valence-electron chi connectivity index (χ2n) is 4.61. The molecule has 0 saturated heterocycles. The second kappa shape index (κ2) is 4.73. The molecule has 16 heavy (non-hydrogen) atoms. The third kappa shape index (κ3) is 2.56.